The highest BCUT2D eigenvalue weighted by Gasteiger charge is 2.11. The second kappa shape index (κ2) is 6.43. The Bertz CT molecular complexity index is 633. The van der Waals surface area contributed by atoms with Crippen molar-refractivity contribution < 1.29 is 4.79 Å². The van der Waals surface area contributed by atoms with E-state index >= 15 is 0 Å². The molecule has 0 aliphatic heterocycles. The number of aromatic nitrogens is 2. The number of amides is 1. The summed E-state index contributed by atoms with van der Waals surface area (Å²) in [7, 11) is 1.92. The SMILES string of the molecule is CCc1nn(C)cc1NC(C)c1cccc(NC(C)=O)c1. The predicted molar refractivity (Wildman–Crippen MR) is 85.4 cm³/mol. The molecule has 1 aromatic carbocycles. The summed E-state index contributed by atoms with van der Waals surface area (Å²) in [5.41, 5.74) is 4.04. The van der Waals surface area contributed by atoms with Gasteiger partial charge < -0.3 is 10.6 Å². The van der Waals surface area contributed by atoms with Crippen molar-refractivity contribution in [2.75, 3.05) is 10.6 Å². The summed E-state index contributed by atoms with van der Waals surface area (Å²) in [6.07, 6.45) is 2.88. The van der Waals surface area contributed by atoms with Crippen LogP contribution in [0.2, 0.25) is 0 Å². The molecule has 2 N–H and O–H groups in total. The standard InChI is InChI=1S/C16H22N4O/c1-5-15-16(10-20(4)19-15)17-11(2)13-7-6-8-14(9-13)18-12(3)21/h6-11,17H,5H2,1-4H3,(H,18,21). The zero-order valence-corrected chi connectivity index (χ0v) is 13.0. The van der Waals surface area contributed by atoms with Gasteiger partial charge in [-0.3, -0.25) is 9.48 Å². The third-order valence-corrected chi connectivity index (χ3v) is 3.32. The second-order valence-corrected chi connectivity index (χ2v) is 5.19. The van der Waals surface area contributed by atoms with Crippen LogP contribution in [0.5, 0.6) is 0 Å². The molecule has 1 unspecified atom stereocenters. The van der Waals surface area contributed by atoms with Gasteiger partial charge in [-0.1, -0.05) is 19.1 Å². The van der Waals surface area contributed by atoms with Gasteiger partial charge in [0.05, 0.1) is 11.4 Å². The Kier molecular flexibility index (Phi) is 4.62. The van der Waals surface area contributed by atoms with E-state index in [1.54, 1.807) is 0 Å². The molecule has 1 amide bonds. The topological polar surface area (TPSA) is 59.0 Å². The Balaban J connectivity index is 2.16. The molecule has 0 bridgehead atoms. The smallest absolute Gasteiger partial charge is 0.221 e. The van der Waals surface area contributed by atoms with Gasteiger partial charge in [-0.2, -0.15) is 5.10 Å². The van der Waals surface area contributed by atoms with E-state index in [1.165, 1.54) is 6.92 Å². The molecule has 0 saturated carbocycles. The predicted octanol–water partition coefficient (Wildman–Crippen LogP) is 3.11. The molecular weight excluding hydrogens is 264 g/mol. The number of aryl methyl sites for hydroxylation is 2. The maximum absolute atomic E-state index is 11.1. The maximum atomic E-state index is 11.1. The van der Waals surface area contributed by atoms with Crippen LogP contribution in [0.25, 0.3) is 0 Å². The van der Waals surface area contributed by atoms with Crippen molar-refractivity contribution in [3.8, 4) is 0 Å². The van der Waals surface area contributed by atoms with E-state index in [2.05, 4.69) is 29.6 Å². The third-order valence-electron chi connectivity index (χ3n) is 3.32. The molecule has 0 aliphatic rings. The molecule has 21 heavy (non-hydrogen) atoms. The molecule has 2 rings (SSSR count). The van der Waals surface area contributed by atoms with Crippen LogP contribution in [-0.2, 0) is 18.3 Å². The molecular formula is C16H22N4O. The highest BCUT2D eigenvalue weighted by Crippen LogP contribution is 2.23. The van der Waals surface area contributed by atoms with Gasteiger partial charge >= 0.3 is 0 Å². The van der Waals surface area contributed by atoms with Crippen LogP contribution in [0.1, 0.15) is 38.1 Å². The summed E-state index contributed by atoms with van der Waals surface area (Å²) in [6, 6.07) is 8.00. The van der Waals surface area contributed by atoms with Crippen LogP contribution in [0.4, 0.5) is 11.4 Å². The fourth-order valence-electron chi connectivity index (χ4n) is 2.32. The summed E-state index contributed by atoms with van der Waals surface area (Å²) >= 11 is 0. The summed E-state index contributed by atoms with van der Waals surface area (Å²) in [6.45, 7) is 5.70. The number of nitrogens with zero attached hydrogens (tertiary/aromatic N) is 2. The van der Waals surface area contributed by atoms with Crippen LogP contribution in [0.15, 0.2) is 30.5 Å². The number of anilines is 2. The van der Waals surface area contributed by atoms with E-state index in [-0.39, 0.29) is 11.9 Å². The number of hydrogen-bond donors (Lipinski definition) is 2. The van der Waals surface area contributed by atoms with Crippen molar-refractivity contribution in [2.45, 2.75) is 33.2 Å². The number of rotatable bonds is 5. The van der Waals surface area contributed by atoms with Gasteiger partial charge in [0, 0.05) is 31.9 Å². The Labute approximate surface area is 125 Å². The van der Waals surface area contributed by atoms with Crippen LogP contribution >= 0.6 is 0 Å². The normalized spacial score (nSPS) is 12.0. The summed E-state index contributed by atoms with van der Waals surface area (Å²) < 4.78 is 1.82. The highest BCUT2D eigenvalue weighted by molar-refractivity contribution is 5.88. The summed E-state index contributed by atoms with van der Waals surface area (Å²) in [5.74, 6) is -0.0618. The summed E-state index contributed by atoms with van der Waals surface area (Å²) in [4.78, 5) is 11.1. The first-order valence-corrected chi connectivity index (χ1v) is 7.16. The minimum atomic E-state index is -0.0618. The van der Waals surface area contributed by atoms with Gasteiger partial charge in [0.25, 0.3) is 0 Å². The second-order valence-electron chi connectivity index (χ2n) is 5.19. The molecule has 2 aromatic rings. The van der Waals surface area contributed by atoms with Gasteiger partial charge in [0.15, 0.2) is 0 Å². The van der Waals surface area contributed by atoms with Gasteiger partial charge in [-0.15, -0.1) is 0 Å². The highest BCUT2D eigenvalue weighted by atomic mass is 16.1. The molecule has 5 nitrogen and oxygen atoms in total. The Morgan fingerprint density at radius 2 is 2.19 bits per heavy atom. The van der Waals surface area contributed by atoms with Gasteiger partial charge in [-0.25, -0.2) is 0 Å². The molecule has 0 saturated heterocycles. The fraction of sp³-hybridized carbons (Fsp3) is 0.375. The van der Waals surface area contributed by atoms with Crippen molar-refractivity contribution in [3.63, 3.8) is 0 Å². The van der Waals surface area contributed by atoms with Crippen LogP contribution < -0.4 is 10.6 Å². The van der Waals surface area contributed by atoms with Gasteiger partial charge in [0.2, 0.25) is 5.91 Å². The molecule has 0 spiro atoms. The van der Waals surface area contributed by atoms with Crippen molar-refractivity contribution in [3.05, 3.63) is 41.7 Å². The Hall–Kier alpha value is -2.30. The molecule has 0 aliphatic carbocycles. The van der Waals surface area contributed by atoms with Crippen LogP contribution in [0.3, 0.4) is 0 Å². The minimum Gasteiger partial charge on any atom is -0.376 e. The first-order valence-electron chi connectivity index (χ1n) is 7.16. The number of hydrogen-bond acceptors (Lipinski definition) is 3. The van der Waals surface area contributed by atoms with Crippen LogP contribution in [-0.4, -0.2) is 15.7 Å². The summed E-state index contributed by atoms with van der Waals surface area (Å²) in [5, 5.41) is 10.7. The van der Waals surface area contributed by atoms with Gasteiger partial charge in [0.1, 0.15) is 0 Å². The molecule has 1 aromatic heterocycles. The minimum absolute atomic E-state index is 0.0618. The monoisotopic (exact) mass is 286 g/mol. The molecule has 5 heteroatoms. The fourth-order valence-corrected chi connectivity index (χ4v) is 2.32. The van der Waals surface area contributed by atoms with Crippen molar-refractivity contribution in [2.24, 2.45) is 7.05 Å². The van der Waals surface area contributed by atoms with E-state index < -0.39 is 0 Å². The van der Waals surface area contributed by atoms with E-state index in [4.69, 9.17) is 0 Å². The number of carbonyl (C=O) groups is 1. The van der Waals surface area contributed by atoms with E-state index in [9.17, 15) is 4.79 Å². The molecule has 112 valence electrons. The van der Waals surface area contributed by atoms with Crippen molar-refractivity contribution in [1.82, 2.24) is 9.78 Å². The third kappa shape index (κ3) is 3.84. The average Bonchev–Trinajstić information content (AvgIpc) is 2.78. The maximum Gasteiger partial charge on any atom is 0.221 e. The van der Waals surface area contributed by atoms with E-state index in [0.29, 0.717) is 0 Å². The first kappa shape index (κ1) is 15.1. The lowest BCUT2D eigenvalue weighted by molar-refractivity contribution is -0.114. The number of carbonyl (C=O) groups excluding carboxylic acids is 1. The van der Waals surface area contributed by atoms with E-state index in [0.717, 1.165) is 29.1 Å². The Morgan fingerprint density at radius 3 is 2.86 bits per heavy atom. The zero-order valence-electron chi connectivity index (χ0n) is 13.0. The van der Waals surface area contributed by atoms with Gasteiger partial charge in [-0.05, 0) is 31.0 Å². The lowest BCUT2D eigenvalue weighted by Crippen LogP contribution is -2.09. The molecule has 0 fully saturated rings. The Morgan fingerprint density at radius 1 is 1.43 bits per heavy atom. The van der Waals surface area contributed by atoms with Crippen molar-refractivity contribution >= 4 is 17.3 Å². The molecule has 1 heterocycles. The lowest BCUT2D eigenvalue weighted by atomic mass is 10.1. The molecule has 1 atom stereocenters. The molecule has 0 radical (unpaired) electrons. The largest absolute Gasteiger partial charge is 0.376 e. The lowest BCUT2D eigenvalue weighted by Gasteiger charge is -2.16. The first-order chi connectivity index (χ1) is 9.99. The average molecular weight is 286 g/mol. The number of benzene rings is 1. The number of nitrogens with one attached hydrogen (secondary N) is 2. The van der Waals surface area contributed by atoms with Crippen LogP contribution in [0, 0.1) is 0 Å². The quantitative estimate of drug-likeness (QED) is 0.888. The zero-order chi connectivity index (χ0) is 15.4. The van der Waals surface area contributed by atoms with Crippen molar-refractivity contribution in [1.29, 1.82) is 0 Å². The van der Waals surface area contributed by atoms with E-state index in [1.807, 2.05) is 42.2 Å².